The van der Waals surface area contributed by atoms with Crippen LogP contribution in [0, 0.1) is 12.3 Å². The average Bonchev–Trinajstić information content (AvgIpc) is 3.51. The number of nitrogens with zero attached hydrogens (tertiary/aromatic N) is 1. The van der Waals surface area contributed by atoms with Gasteiger partial charge in [0.05, 0.1) is 7.11 Å². The number of nitrogens with one attached hydrogen (secondary N) is 2. The van der Waals surface area contributed by atoms with Crippen LogP contribution in [0.25, 0.3) is 10.9 Å². The van der Waals surface area contributed by atoms with E-state index in [2.05, 4.69) is 34.3 Å². The van der Waals surface area contributed by atoms with E-state index in [1.54, 1.807) is 7.11 Å². The summed E-state index contributed by atoms with van der Waals surface area (Å²) in [6.45, 7) is 3.47. The van der Waals surface area contributed by atoms with Crippen molar-refractivity contribution in [3.05, 3.63) is 64.8 Å². The summed E-state index contributed by atoms with van der Waals surface area (Å²) in [6.07, 6.45) is 5.45. The number of halogens is 2. The summed E-state index contributed by atoms with van der Waals surface area (Å²) < 4.78 is 33.8. The second kappa shape index (κ2) is 8.58. The van der Waals surface area contributed by atoms with Gasteiger partial charge in [0.25, 0.3) is 5.91 Å². The van der Waals surface area contributed by atoms with Crippen LogP contribution in [0.1, 0.15) is 71.6 Å². The van der Waals surface area contributed by atoms with Crippen molar-refractivity contribution < 1.29 is 18.3 Å². The Bertz CT molecular complexity index is 1290. The molecule has 3 aromatic rings. The van der Waals surface area contributed by atoms with Crippen molar-refractivity contribution in [2.24, 2.45) is 5.41 Å². The van der Waals surface area contributed by atoms with Gasteiger partial charge in [-0.25, -0.2) is 8.78 Å². The first-order chi connectivity index (χ1) is 17.3. The molecule has 2 heterocycles. The Labute approximate surface area is 210 Å². The van der Waals surface area contributed by atoms with Crippen LogP contribution in [0.15, 0.2) is 42.6 Å². The molecule has 2 aromatic carbocycles. The Kier molecular flexibility index (Phi) is 5.59. The molecule has 1 amide bonds. The molecule has 1 aromatic heterocycles. The van der Waals surface area contributed by atoms with E-state index in [4.69, 9.17) is 4.74 Å². The molecular weight excluding hydrogens is 460 g/mol. The Hall–Kier alpha value is -2.93. The van der Waals surface area contributed by atoms with Crippen molar-refractivity contribution in [3.8, 4) is 5.75 Å². The summed E-state index contributed by atoms with van der Waals surface area (Å²) in [5.74, 6) is -1.74. The highest BCUT2D eigenvalue weighted by Crippen LogP contribution is 2.60. The summed E-state index contributed by atoms with van der Waals surface area (Å²) in [6, 6.07) is 12.2. The first kappa shape index (κ1) is 23.5. The van der Waals surface area contributed by atoms with Crippen molar-refractivity contribution in [1.82, 2.24) is 15.2 Å². The third-order valence-electron chi connectivity index (χ3n) is 8.43. The van der Waals surface area contributed by atoms with Gasteiger partial charge in [-0.05, 0) is 80.0 Å². The number of methoxy groups -OCH3 is 1. The summed E-state index contributed by atoms with van der Waals surface area (Å²) in [7, 11) is 1.70. The molecule has 0 bridgehead atoms. The van der Waals surface area contributed by atoms with E-state index < -0.39 is 5.92 Å². The summed E-state index contributed by atoms with van der Waals surface area (Å²) >= 11 is 0. The number of carbonyl (C=O) groups is 1. The summed E-state index contributed by atoms with van der Waals surface area (Å²) in [4.78, 5) is 18.2. The largest absolute Gasteiger partial charge is 0.496 e. The van der Waals surface area contributed by atoms with E-state index in [0.29, 0.717) is 24.6 Å². The number of benzene rings is 2. The zero-order valence-corrected chi connectivity index (χ0v) is 20.9. The number of H-pyrrole nitrogens is 1. The molecular formula is C29H33F2N3O2. The lowest BCUT2D eigenvalue weighted by molar-refractivity contribution is -0.186. The number of ether oxygens (including phenoxy) is 1. The van der Waals surface area contributed by atoms with Crippen molar-refractivity contribution in [2.75, 3.05) is 13.7 Å². The molecule has 1 aliphatic heterocycles. The smallest absolute Gasteiger partial charge is 0.251 e. The number of aromatic amines is 1. The maximum absolute atomic E-state index is 14.0. The fourth-order valence-corrected chi connectivity index (χ4v) is 6.40. The summed E-state index contributed by atoms with van der Waals surface area (Å²) in [5.41, 5.74) is 4.74. The first-order valence-electron chi connectivity index (χ1n) is 12.9. The SMILES string of the molecule is COc1cc(C)c2[nH]ccc2c1CN1CCC2(CC1c1ccc(C(=O)NC3CC3)cc1)CC(F)(F)C2. The second-order valence-corrected chi connectivity index (χ2v) is 11.2. The molecule has 2 aliphatic carbocycles. The number of aromatic nitrogens is 1. The van der Waals surface area contributed by atoms with Gasteiger partial charge in [-0.15, -0.1) is 0 Å². The normalized spacial score (nSPS) is 22.9. The highest BCUT2D eigenvalue weighted by Gasteiger charge is 2.58. The maximum atomic E-state index is 14.0. The Morgan fingerprint density at radius 2 is 1.94 bits per heavy atom. The number of amides is 1. The molecule has 36 heavy (non-hydrogen) atoms. The number of hydrogen-bond donors (Lipinski definition) is 2. The molecule has 1 spiro atoms. The van der Waals surface area contributed by atoms with Gasteiger partial charge < -0.3 is 15.0 Å². The minimum absolute atomic E-state index is 0.00426. The molecule has 0 radical (unpaired) electrons. The van der Waals surface area contributed by atoms with Gasteiger partial charge in [0.2, 0.25) is 5.92 Å². The van der Waals surface area contributed by atoms with Crippen LogP contribution >= 0.6 is 0 Å². The molecule has 3 aliphatic rings. The van der Waals surface area contributed by atoms with E-state index in [-0.39, 0.29) is 30.2 Å². The van der Waals surface area contributed by atoms with Gasteiger partial charge in [-0.2, -0.15) is 0 Å². The van der Waals surface area contributed by atoms with Crippen LogP contribution in [-0.4, -0.2) is 41.4 Å². The van der Waals surface area contributed by atoms with Crippen LogP contribution in [-0.2, 0) is 6.54 Å². The minimum Gasteiger partial charge on any atom is -0.496 e. The zero-order chi connectivity index (χ0) is 25.1. The lowest BCUT2D eigenvalue weighted by atomic mass is 9.59. The monoisotopic (exact) mass is 493 g/mol. The molecule has 3 fully saturated rings. The number of likely N-dealkylation sites (tertiary alicyclic amines) is 1. The Morgan fingerprint density at radius 3 is 2.61 bits per heavy atom. The van der Waals surface area contributed by atoms with Crippen LogP contribution in [0.5, 0.6) is 5.75 Å². The first-order valence-corrected chi connectivity index (χ1v) is 12.9. The van der Waals surface area contributed by atoms with E-state index in [9.17, 15) is 13.6 Å². The fraction of sp³-hybridized carbons (Fsp3) is 0.483. The molecule has 2 N–H and O–H groups in total. The van der Waals surface area contributed by atoms with Gasteiger partial charge in [0.1, 0.15) is 5.75 Å². The molecule has 1 unspecified atom stereocenters. The lowest BCUT2D eigenvalue weighted by Crippen LogP contribution is -2.53. The quantitative estimate of drug-likeness (QED) is 0.434. The van der Waals surface area contributed by atoms with E-state index in [1.165, 1.54) is 0 Å². The number of alkyl halides is 2. The average molecular weight is 494 g/mol. The number of carbonyl (C=O) groups excluding carboxylic acids is 1. The van der Waals surface area contributed by atoms with Crippen molar-refractivity contribution in [3.63, 3.8) is 0 Å². The van der Waals surface area contributed by atoms with Gasteiger partial charge in [0, 0.05) is 59.7 Å². The molecule has 1 atom stereocenters. The second-order valence-electron chi connectivity index (χ2n) is 11.2. The van der Waals surface area contributed by atoms with E-state index in [0.717, 1.165) is 59.2 Å². The van der Waals surface area contributed by atoms with Crippen LogP contribution in [0.2, 0.25) is 0 Å². The fourth-order valence-electron chi connectivity index (χ4n) is 6.40. The minimum atomic E-state index is -2.55. The predicted octanol–water partition coefficient (Wildman–Crippen LogP) is 6.13. The standard InChI is InChI=1S/C29H33F2N3O2/c1-18-13-25(36-2)23(22-9-11-32-26(18)22)15-34-12-10-28(16-29(30,31)17-28)14-24(34)19-3-5-20(6-4-19)27(35)33-21-7-8-21/h3-6,9,11,13,21,24,32H,7-8,10,12,14-17H2,1-2H3,(H,33,35). The Balaban J connectivity index is 1.31. The summed E-state index contributed by atoms with van der Waals surface area (Å²) in [5, 5.41) is 4.17. The molecule has 7 heteroatoms. The van der Waals surface area contributed by atoms with E-state index >= 15 is 0 Å². The highest BCUT2D eigenvalue weighted by atomic mass is 19.3. The Morgan fingerprint density at radius 1 is 1.19 bits per heavy atom. The number of aryl methyl sites for hydroxylation is 1. The highest BCUT2D eigenvalue weighted by molar-refractivity contribution is 5.94. The zero-order valence-electron chi connectivity index (χ0n) is 20.9. The lowest BCUT2D eigenvalue weighted by Gasteiger charge is -2.54. The topological polar surface area (TPSA) is 57.4 Å². The van der Waals surface area contributed by atoms with Crippen molar-refractivity contribution in [1.29, 1.82) is 0 Å². The number of fused-ring (bicyclic) bond motifs is 1. The van der Waals surface area contributed by atoms with Gasteiger partial charge in [-0.1, -0.05) is 12.1 Å². The molecule has 190 valence electrons. The molecule has 5 nitrogen and oxygen atoms in total. The third-order valence-corrected chi connectivity index (χ3v) is 8.43. The van der Waals surface area contributed by atoms with Gasteiger partial charge in [0.15, 0.2) is 0 Å². The number of hydrogen-bond acceptors (Lipinski definition) is 3. The molecule has 1 saturated heterocycles. The van der Waals surface area contributed by atoms with Crippen molar-refractivity contribution in [2.45, 2.75) is 70.0 Å². The van der Waals surface area contributed by atoms with Crippen LogP contribution in [0.4, 0.5) is 8.78 Å². The number of piperidine rings is 1. The van der Waals surface area contributed by atoms with Gasteiger partial charge >= 0.3 is 0 Å². The predicted molar refractivity (Wildman–Crippen MR) is 136 cm³/mol. The molecule has 6 rings (SSSR count). The van der Waals surface area contributed by atoms with Crippen LogP contribution in [0.3, 0.4) is 0 Å². The number of rotatable bonds is 6. The van der Waals surface area contributed by atoms with Crippen molar-refractivity contribution >= 4 is 16.8 Å². The maximum Gasteiger partial charge on any atom is 0.251 e. The van der Waals surface area contributed by atoms with Crippen LogP contribution < -0.4 is 10.1 Å². The third kappa shape index (κ3) is 4.27. The van der Waals surface area contributed by atoms with E-state index in [1.807, 2.05) is 30.5 Å². The van der Waals surface area contributed by atoms with Gasteiger partial charge in [-0.3, -0.25) is 9.69 Å². The molecule has 2 saturated carbocycles.